The maximum atomic E-state index is 14.2. The van der Waals surface area contributed by atoms with Gasteiger partial charge in [0.05, 0.1) is 30.7 Å². The lowest BCUT2D eigenvalue weighted by atomic mass is 9.75. The number of methoxy groups -OCH3 is 1. The second-order valence-electron chi connectivity index (χ2n) is 9.92. The van der Waals surface area contributed by atoms with Gasteiger partial charge in [-0.3, -0.25) is 0 Å². The molecule has 2 heterocycles. The fourth-order valence-electron chi connectivity index (χ4n) is 5.67. The van der Waals surface area contributed by atoms with Crippen LogP contribution in [0, 0.1) is 23.5 Å². The lowest BCUT2D eigenvalue weighted by molar-refractivity contribution is 0.0600. The molecule has 2 aromatic carbocycles. The topological polar surface area (TPSA) is 72.5 Å². The van der Waals surface area contributed by atoms with E-state index in [0.29, 0.717) is 27.8 Å². The van der Waals surface area contributed by atoms with Gasteiger partial charge in [-0.25, -0.2) is 18.6 Å². The van der Waals surface area contributed by atoms with Crippen LogP contribution in [-0.4, -0.2) is 24.7 Å². The highest BCUT2D eigenvalue weighted by Gasteiger charge is 2.49. The number of ether oxygens (including phenoxy) is 2. The molecule has 3 aromatic rings. The van der Waals surface area contributed by atoms with E-state index in [1.807, 2.05) is 24.3 Å². The predicted octanol–water partition coefficient (Wildman–Crippen LogP) is 7.16. The first kappa shape index (κ1) is 26.2. The number of fused-ring (bicyclic) bond motifs is 1. The van der Waals surface area contributed by atoms with Crippen LogP contribution in [0.4, 0.5) is 20.2 Å². The van der Waals surface area contributed by atoms with Gasteiger partial charge in [-0.15, -0.1) is 0 Å². The zero-order chi connectivity index (χ0) is 26.7. The Morgan fingerprint density at radius 1 is 1.03 bits per heavy atom. The van der Waals surface area contributed by atoms with E-state index < -0.39 is 23.3 Å². The molecule has 1 saturated carbocycles. The van der Waals surface area contributed by atoms with E-state index in [0.717, 1.165) is 31.2 Å². The molecular formula is C29H30ClF2N3O3. The smallest absolute Gasteiger partial charge is 0.339 e. The number of carbonyl (C=O) groups excluding carboxylic acids is 1. The molecule has 0 radical (unpaired) electrons. The van der Waals surface area contributed by atoms with Gasteiger partial charge in [0.25, 0.3) is 0 Å². The number of nitrogens with one attached hydrogen (secondary N) is 2. The van der Waals surface area contributed by atoms with Crippen molar-refractivity contribution in [2.75, 3.05) is 24.4 Å². The van der Waals surface area contributed by atoms with Crippen molar-refractivity contribution in [3.63, 3.8) is 0 Å². The van der Waals surface area contributed by atoms with Crippen LogP contribution >= 0.6 is 11.6 Å². The van der Waals surface area contributed by atoms with Crippen LogP contribution in [0.5, 0.6) is 5.88 Å². The highest BCUT2D eigenvalue weighted by molar-refractivity contribution is 6.30. The zero-order valence-corrected chi connectivity index (χ0v) is 21.9. The lowest BCUT2D eigenvalue weighted by Crippen LogP contribution is -2.51. The highest BCUT2D eigenvalue weighted by Crippen LogP contribution is 2.49. The number of halogens is 3. The van der Waals surface area contributed by atoms with Gasteiger partial charge in [0, 0.05) is 35.3 Å². The van der Waals surface area contributed by atoms with Crippen LogP contribution in [0.2, 0.25) is 5.02 Å². The molecule has 6 nitrogen and oxygen atoms in total. The van der Waals surface area contributed by atoms with E-state index in [2.05, 4.69) is 15.6 Å². The molecule has 1 aromatic heterocycles. The average molecular weight is 542 g/mol. The van der Waals surface area contributed by atoms with Gasteiger partial charge in [-0.2, -0.15) is 0 Å². The zero-order valence-electron chi connectivity index (χ0n) is 21.1. The minimum absolute atomic E-state index is 0.151. The number of aromatic nitrogens is 1. The number of benzene rings is 2. The summed E-state index contributed by atoms with van der Waals surface area (Å²) in [6.45, 7) is 0.275. The Morgan fingerprint density at radius 2 is 1.66 bits per heavy atom. The van der Waals surface area contributed by atoms with E-state index >= 15 is 0 Å². The van der Waals surface area contributed by atoms with E-state index in [-0.39, 0.29) is 18.4 Å². The molecule has 1 atom stereocenters. The van der Waals surface area contributed by atoms with Crippen molar-refractivity contribution in [2.45, 2.75) is 44.2 Å². The molecule has 1 aliphatic carbocycles. The van der Waals surface area contributed by atoms with Gasteiger partial charge in [0.2, 0.25) is 5.88 Å². The van der Waals surface area contributed by atoms with Gasteiger partial charge in [0.15, 0.2) is 11.6 Å². The lowest BCUT2D eigenvalue weighted by Gasteiger charge is -2.43. The van der Waals surface area contributed by atoms with Gasteiger partial charge < -0.3 is 20.1 Å². The normalized spacial score (nSPS) is 17.5. The summed E-state index contributed by atoms with van der Waals surface area (Å²) in [5.41, 5.74) is 1.27. The largest absolute Gasteiger partial charge is 0.477 e. The number of esters is 1. The molecule has 2 N–H and O–H groups in total. The standard InChI is InChI=1S/C29H30ClF2N3O3/c1-37-28(36)19-8-13-27(33-16-19)38-17-22(18-6-4-2-3-5-7-18)29(20-9-11-21(30)12-10-20)34-25-14-23(31)24(32)15-26(25)35-29/h8-16,18,22,34-35H,2-7,17H2,1H3. The first-order valence-electron chi connectivity index (χ1n) is 12.9. The second kappa shape index (κ2) is 11.2. The van der Waals surface area contributed by atoms with Crippen LogP contribution in [0.1, 0.15) is 54.4 Å². The summed E-state index contributed by atoms with van der Waals surface area (Å²) >= 11 is 6.23. The molecule has 1 fully saturated rings. The van der Waals surface area contributed by atoms with Crippen LogP contribution < -0.4 is 15.4 Å². The molecule has 38 heavy (non-hydrogen) atoms. The van der Waals surface area contributed by atoms with Crippen LogP contribution in [0.15, 0.2) is 54.7 Å². The van der Waals surface area contributed by atoms with Gasteiger partial charge in [-0.05, 0) is 42.5 Å². The summed E-state index contributed by atoms with van der Waals surface area (Å²) in [6, 6.07) is 13.1. The van der Waals surface area contributed by atoms with Crippen LogP contribution in [0.25, 0.3) is 0 Å². The van der Waals surface area contributed by atoms with E-state index in [1.54, 1.807) is 12.1 Å². The van der Waals surface area contributed by atoms with Crippen molar-refractivity contribution >= 4 is 28.9 Å². The summed E-state index contributed by atoms with van der Waals surface area (Å²) in [7, 11) is 1.32. The molecule has 5 rings (SSSR count). The predicted molar refractivity (Wildman–Crippen MR) is 142 cm³/mol. The minimum Gasteiger partial charge on any atom is -0.477 e. The molecule has 0 bridgehead atoms. The third kappa shape index (κ3) is 5.27. The maximum absolute atomic E-state index is 14.2. The number of carbonyl (C=O) groups is 1. The Kier molecular flexibility index (Phi) is 7.70. The fourth-order valence-corrected chi connectivity index (χ4v) is 5.80. The van der Waals surface area contributed by atoms with Crippen molar-refractivity contribution in [2.24, 2.45) is 11.8 Å². The third-order valence-electron chi connectivity index (χ3n) is 7.62. The first-order chi connectivity index (χ1) is 18.4. The molecule has 0 spiro atoms. The van der Waals surface area contributed by atoms with Gasteiger partial charge >= 0.3 is 5.97 Å². The molecule has 0 saturated heterocycles. The second-order valence-corrected chi connectivity index (χ2v) is 10.4. The Hall–Kier alpha value is -3.39. The Labute approximate surface area is 225 Å². The van der Waals surface area contributed by atoms with E-state index in [9.17, 15) is 13.6 Å². The summed E-state index contributed by atoms with van der Waals surface area (Å²) in [6.07, 6.45) is 7.96. The maximum Gasteiger partial charge on any atom is 0.339 e. The SMILES string of the molecule is COC(=O)c1ccc(OCC(C2CCCCCC2)C2(c3ccc(Cl)cc3)Nc3cc(F)c(F)cc3N2)nc1. The Bertz CT molecular complexity index is 1250. The summed E-state index contributed by atoms with van der Waals surface area (Å²) in [5, 5.41) is 7.62. The Morgan fingerprint density at radius 3 is 2.21 bits per heavy atom. The van der Waals surface area contributed by atoms with Crippen molar-refractivity contribution in [1.29, 1.82) is 0 Å². The number of anilines is 2. The van der Waals surface area contributed by atoms with Gasteiger partial charge in [0.1, 0.15) is 5.66 Å². The number of nitrogens with zero attached hydrogens (tertiary/aromatic N) is 1. The third-order valence-corrected chi connectivity index (χ3v) is 7.87. The number of pyridine rings is 1. The van der Waals surface area contributed by atoms with Crippen molar-refractivity contribution in [1.82, 2.24) is 4.98 Å². The molecule has 0 amide bonds. The highest BCUT2D eigenvalue weighted by atomic mass is 35.5. The number of hydrogen-bond donors (Lipinski definition) is 2. The quantitative estimate of drug-likeness (QED) is 0.244. The van der Waals surface area contributed by atoms with Crippen molar-refractivity contribution < 1.29 is 23.0 Å². The summed E-state index contributed by atoms with van der Waals surface area (Å²) < 4.78 is 39.5. The first-order valence-corrected chi connectivity index (χ1v) is 13.3. The van der Waals surface area contributed by atoms with E-state index in [1.165, 1.54) is 38.3 Å². The van der Waals surface area contributed by atoms with Crippen molar-refractivity contribution in [3.8, 4) is 5.88 Å². The van der Waals surface area contributed by atoms with Gasteiger partial charge in [-0.1, -0.05) is 49.4 Å². The summed E-state index contributed by atoms with van der Waals surface area (Å²) in [4.78, 5) is 16.1. The Balaban J connectivity index is 1.53. The van der Waals surface area contributed by atoms with Crippen molar-refractivity contribution in [3.05, 3.63) is 82.5 Å². The molecule has 2 aliphatic rings. The molecule has 1 aliphatic heterocycles. The molecule has 9 heteroatoms. The molecule has 200 valence electrons. The minimum atomic E-state index is -0.915. The number of hydrogen-bond acceptors (Lipinski definition) is 6. The summed E-state index contributed by atoms with van der Waals surface area (Å²) in [5.74, 6) is -1.83. The fraction of sp³-hybridized carbons (Fsp3) is 0.379. The van der Waals surface area contributed by atoms with E-state index in [4.69, 9.17) is 21.1 Å². The van der Waals surface area contributed by atoms with Crippen LogP contribution in [-0.2, 0) is 10.4 Å². The number of rotatable bonds is 7. The monoisotopic (exact) mass is 541 g/mol. The molecular weight excluding hydrogens is 512 g/mol. The molecule has 1 unspecified atom stereocenters. The average Bonchev–Trinajstić information content (AvgIpc) is 3.09. The van der Waals surface area contributed by atoms with Crippen LogP contribution in [0.3, 0.4) is 0 Å².